The van der Waals surface area contributed by atoms with Gasteiger partial charge in [-0.2, -0.15) is 9.40 Å². The summed E-state index contributed by atoms with van der Waals surface area (Å²) >= 11 is 0. The zero-order chi connectivity index (χ0) is 32.7. The number of nitro benzene ring substituents is 1. The Bertz CT molecular complexity index is 1770. The summed E-state index contributed by atoms with van der Waals surface area (Å²) in [5, 5.41) is 18.9. The summed E-state index contributed by atoms with van der Waals surface area (Å²) in [6, 6.07) is 6.03. The smallest absolute Gasteiger partial charge is 0.436 e. The SMILES string of the molecule is CCOC(=O)n1nc2c(c1NC(=O)c1ccc(N3CCOCC3)cc1[N+](=O)[O-])CN(S(=O)(=O)c1cc(F)cc(F)c1)CC2(C)C. The van der Waals surface area contributed by atoms with Crippen molar-refractivity contribution >= 4 is 39.2 Å². The van der Waals surface area contributed by atoms with Gasteiger partial charge >= 0.3 is 6.09 Å². The van der Waals surface area contributed by atoms with Crippen LogP contribution in [0.25, 0.3) is 0 Å². The summed E-state index contributed by atoms with van der Waals surface area (Å²) in [4.78, 5) is 39.2. The second kappa shape index (κ2) is 12.1. The van der Waals surface area contributed by atoms with E-state index in [0.29, 0.717) is 50.2 Å². The molecule has 2 aliphatic rings. The molecule has 5 rings (SSSR count). The van der Waals surface area contributed by atoms with Crippen LogP contribution in [-0.4, -0.2) is 78.9 Å². The topological polar surface area (TPSA) is 166 Å². The summed E-state index contributed by atoms with van der Waals surface area (Å²) < 4.78 is 67.3. The van der Waals surface area contributed by atoms with Crippen LogP contribution < -0.4 is 10.2 Å². The van der Waals surface area contributed by atoms with Crippen LogP contribution in [0.3, 0.4) is 0 Å². The molecule has 45 heavy (non-hydrogen) atoms. The van der Waals surface area contributed by atoms with E-state index < -0.39 is 61.1 Å². The second-order valence-electron chi connectivity index (χ2n) is 11.1. The summed E-state index contributed by atoms with van der Waals surface area (Å²) in [5.41, 5.74) is -1.02. The molecule has 1 aromatic heterocycles. The monoisotopic (exact) mass is 648 g/mol. The molecule has 2 aliphatic heterocycles. The van der Waals surface area contributed by atoms with Crippen molar-refractivity contribution in [1.82, 2.24) is 14.1 Å². The molecule has 0 radical (unpaired) electrons. The Morgan fingerprint density at radius 1 is 1.13 bits per heavy atom. The third-order valence-corrected chi connectivity index (χ3v) is 9.25. The first kappa shape index (κ1) is 31.9. The number of halogens is 2. The predicted molar refractivity (Wildman–Crippen MR) is 156 cm³/mol. The molecule has 1 amide bonds. The number of hydrogen-bond acceptors (Lipinski definition) is 10. The van der Waals surface area contributed by atoms with Gasteiger partial charge in [-0.05, 0) is 31.2 Å². The number of aromatic nitrogens is 2. The van der Waals surface area contributed by atoms with E-state index in [2.05, 4.69) is 10.4 Å². The highest BCUT2D eigenvalue weighted by Gasteiger charge is 2.43. The number of amides is 1. The van der Waals surface area contributed by atoms with Gasteiger partial charge in [0.2, 0.25) is 10.0 Å². The number of hydrogen-bond donors (Lipinski definition) is 1. The Morgan fingerprint density at radius 3 is 2.42 bits per heavy atom. The second-order valence-corrected chi connectivity index (χ2v) is 13.0. The molecule has 3 aromatic rings. The molecule has 3 heterocycles. The molecule has 0 unspecified atom stereocenters. The lowest BCUT2D eigenvalue weighted by atomic mass is 9.84. The standard InChI is InChI=1S/C28H30F2N6O8S/c1-4-44-27(38)35-25(31-26(37)21-6-5-19(14-23(21)36(39)40)33-7-9-43-10-8-33)22-15-34(16-28(2,3)24(22)32-35)45(41,42)20-12-17(29)11-18(30)13-20/h5-6,11-14H,4,7-10,15-16H2,1-3H3,(H,31,37). The predicted octanol–water partition coefficient (Wildman–Crippen LogP) is 3.65. The number of fused-ring (bicyclic) bond motifs is 1. The highest BCUT2D eigenvalue weighted by molar-refractivity contribution is 7.89. The quantitative estimate of drug-likeness (QED) is 0.295. The number of carbonyl (C=O) groups excluding carboxylic acids is 2. The van der Waals surface area contributed by atoms with Crippen molar-refractivity contribution < 1.29 is 41.2 Å². The molecule has 0 spiro atoms. The molecule has 1 saturated heterocycles. The number of ether oxygens (including phenoxy) is 2. The maximum Gasteiger partial charge on any atom is 0.436 e. The molecule has 0 bridgehead atoms. The first-order valence-electron chi connectivity index (χ1n) is 13.9. The zero-order valence-electron chi connectivity index (χ0n) is 24.6. The Kier molecular flexibility index (Phi) is 8.61. The van der Waals surface area contributed by atoms with Crippen LogP contribution in [0.4, 0.5) is 30.8 Å². The maximum absolute atomic E-state index is 14.0. The zero-order valence-corrected chi connectivity index (χ0v) is 25.4. The summed E-state index contributed by atoms with van der Waals surface area (Å²) in [6.07, 6.45) is -0.989. The number of rotatable bonds is 7. The summed E-state index contributed by atoms with van der Waals surface area (Å²) in [5.74, 6) is -3.41. The van der Waals surface area contributed by atoms with E-state index in [9.17, 15) is 36.9 Å². The van der Waals surface area contributed by atoms with E-state index in [1.54, 1.807) is 26.8 Å². The molecule has 14 nitrogen and oxygen atoms in total. The molecule has 17 heteroatoms. The highest BCUT2D eigenvalue weighted by atomic mass is 32.2. The van der Waals surface area contributed by atoms with Crippen LogP contribution in [0, 0.1) is 21.7 Å². The van der Waals surface area contributed by atoms with Crippen LogP contribution in [0.15, 0.2) is 41.3 Å². The van der Waals surface area contributed by atoms with Crippen molar-refractivity contribution in [3.8, 4) is 0 Å². The van der Waals surface area contributed by atoms with E-state index in [1.165, 1.54) is 12.1 Å². The number of carbonyl (C=O) groups is 2. The van der Waals surface area contributed by atoms with Crippen molar-refractivity contribution in [2.75, 3.05) is 49.7 Å². The van der Waals surface area contributed by atoms with Gasteiger partial charge < -0.3 is 19.7 Å². The van der Waals surface area contributed by atoms with E-state index in [0.717, 1.165) is 8.99 Å². The molecule has 2 aromatic carbocycles. The molecule has 1 N–H and O–H groups in total. The Hall–Kier alpha value is -4.48. The van der Waals surface area contributed by atoms with E-state index in [1.807, 2.05) is 4.90 Å². The van der Waals surface area contributed by atoms with Crippen LogP contribution in [0.2, 0.25) is 0 Å². The number of nitrogens with zero attached hydrogens (tertiary/aromatic N) is 5. The molecular weight excluding hydrogens is 618 g/mol. The Morgan fingerprint density at radius 2 is 1.80 bits per heavy atom. The first-order valence-corrected chi connectivity index (χ1v) is 15.3. The van der Waals surface area contributed by atoms with Gasteiger partial charge in [0.05, 0.1) is 35.3 Å². The molecule has 1 fully saturated rings. The van der Waals surface area contributed by atoms with Gasteiger partial charge in [0.15, 0.2) is 0 Å². The highest BCUT2D eigenvalue weighted by Crippen LogP contribution is 2.39. The third-order valence-electron chi connectivity index (χ3n) is 7.48. The fraction of sp³-hybridized carbons (Fsp3) is 0.393. The number of anilines is 2. The van der Waals surface area contributed by atoms with Gasteiger partial charge in [-0.1, -0.05) is 13.8 Å². The Balaban J connectivity index is 1.56. The molecular formula is C28H30F2N6O8S. The van der Waals surface area contributed by atoms with Crippen molar-refractivity contribution in [3.05, 3.63) is 75.0 Å². The molecule has 0 atom stereocenters. The first-order chi connectivity index (χ1) is 21.2. The van der Waals surface area contributed by atoms with Crippen molar-refractivity contribution in [2.24, 2.45) is 0 Å². The van der Waals surface area contributed by atoms with Gasteiger partial charge in [-0.15, -0.1) is 4.68 Å². The molecule has 240 valence electrons. The van der Waals surface area contributed by atoms with E-state index in [-0.39, 0.29) is 35.8 Å². The number of sulfonamides is 1. The third kappa shape index (κ3) is 6.23. The average molecular weight is 649 g/mol. The lowest BCUT2D eigenvalue weighted by Gasteiger charge is -2.36. The van der Waals surface area contributed by atoms with Gasteiger partial charge in [0.1, 0.15) is 23.0 Å². The fourth-order valence-electron chi connectivity index (χ4n) is 5.39. The minimum absolute atomic E-state index is 0.0553. The Labute approximate surface area is 256 Å². The van der Waals surface area contributed by atoms with Crippen LogP contribution in [0.1, 0.15) is 42.4 Å². The lowest BCUT2D eigenvalue weighted by Crippen LogP contribution is -2.45. The van der Waals surface area contributed by atoms with Crippen molar-refractivity contribution in [1.29, 1.82) is 0 Å². The molecule has 0 aliphatic carbocycles. The minimum Gasteiger partial charge on any atom is -0.448 e. The average Bonchev–Trinajstić information content (AvgIpc) is 3.36. The summed E-state index contributed by atoms with van der Waals surface area (Å²) in [7, 11) is -4.49. The number of nitro groups is 1. The van der Waals surface area contributed by atoms with Gasteiger partial charge in [-0.25, -0.2) is 22.0 Å². The van der Waals surface area contributed by atoms with Gasteiger partial charge in [0, 0.05) is 55.0 Å². The number of nitrogens with one attached hydrogen (secondary N) is 1. The van der Waals surface area contributed by atoms with E-state index >= 15 is 0 Å². The minimum atomic E-state index is -4.49. The summed E-state index contributed by atoms with van der Waals surface area (Å²) in [6.45, 7) is 6.03. The van der Waals surface area contributed by atoms with E-state index in [4.69, 9.17) is 9.47 Å². The van der Waals surface area contributed by atoms with Gasteiger partial charge in [-0.3, -0.25) is 14.9 Å². The van der Waals surface area contributed by atoms with Crippen LogP contribution in [0.5, 0.6) is 0 Å². The fourth-order valence-corrected chi connectivity index (χ4v) is 7.00. The van der Waals surface area contributed by atoms with Crippen LogP contribution in [-0.2, 0) is 31.5 Å². The lowest BCUT2D eigenvalue weighted by molar-refractivity contribution is -0.385. The molecule has 0 saturated carbocycles. The number of benzene rings is 2. The normalized spacial score (nSPS) is 16.6. The van der Waals surface area contributed by atoms with Crippen molar-refractivity contribution in [3.63, 3.8) is 0 Å². The maximum atomic E-state index is 14.0. The number of morpholine rings is 1. The van der Waals surface area contributed by atoms with Crippen LogP contribution >= 0.6 is 0 Å². The van der Waals surface area contributed by atoms with Gasteiger partial charge in [0.25, 0.3) is 11.6 Å². The largest absolute Gasteiger partial charge is 0.448 e. The van der Waals surface area contributed by atoms with Crippen molar-refractivity contribution in [2.45, 2.75) is 37.6 Å².